The number of carboxylic acids is 1. The van der Waals surface area contributed by atoms with Gasteiger partial charge in [0.15, 0.2) is 0 Å². The number of halogens is 1. The van der Waals surface area contributed by atoms with Gasteiger partial charge < -0.3 is 19.6 Å². The van der Waals surface area contributed by atoms with Crippen LogP contribution in [0.3, 0.4) is 0 Å². The first-order valence-electron chi connectivity index (χ1n) is 8.37. The number of carbonyl (C=O) groups is 3. The fraction of sp³-hybridized carbons (Fsp3) is 0.812. The van der Waals surface area contributed by atoms with Crippen molar-refractivity contribution in [2.45, 2.75) is 45.3 Å². The monoisotopic (exact) mass is 377 g/mol. The Balaban J connectivity index is 0.00000312. The van der Waals surface area contributed by atoms with Crippen LogP contribution >= 0.6 is 12.4 Å². The van der Waals surface area contributed by atoms with Gasteiger partial charge in [-0.25, -0.2) is 4.79 Å². The van der Waals surface area contributed by atoms with Gasteiger partial charge in [-0.15, -0.1) is 12.4 Å². The average molecular weight is 378 g/mol. The van der Waals surface area contributed by atoms with E-state index in [4.69, 9.17) is 9.84 Å². The number of likely N-dealkylation sites (tertiary alicyclic amines) is 1. The summed E-state index contributed by atoms with van der Waals surface area (Å²) in [6.45, 7) is 7.91. The number of carboxylic acid groups (broad SMARTS) is 1. The van der Waals surface area contributed by atoms with Gasteiger partial charge in [0.2, 0.25) is 5.91 Å². The van der Waals surface area contributed by atoms with E-state index in [1.165, 1.54) is 4.90 Å². The maximum atomic E-state index is 12.1. The third kappa shape index (κ3) is 6.36. The molecule has 0 aromatic carbocycles. The Morgan fingerprint density at radius 1 is 1.16 bits per heavy atom. The molecule has 2 aliphatic rings. The standard InChI is InChI=1S/C16H27N3O5.ClH/c1-16(2,3)24-15(23)17-6-4-12(5-7-17)18-8-9-19(11-14(21)22)13(20)10-18;/h12H,4-11H2,1-3H3,(H,21,22);1H. The van der Waals surface area contributed by atoms with Gasteiger partial charge in [-0.05, 0) is 33.6 Å². The van der Waals surface area contributed by atoms with Gasteiger partial charge in [-0.3, -0.25) is 14.5 Å². The topological polar surface area (TPSA) is 90.4 Å². The van der Waals surface area contributed by atoms with Crippen LogP contribution in [0.4, 0.5) is 4.79 Å². The molecule has 2 heterocycles. The second-order valence-electron chi connectivity index (χ2n) is 7.38. The van der Waals surface area contributed by atoms with Crippen LogP contribution in [-0.2, 0) is 14.3 Å². The lowest BCUT2D eigenvalue weighted by Gasteiger charge is -2.42. The zero-order valence-electron chi connectivity index (χ0n) is 15.1. The van der Waals surface area contributed by atoms with Crippen molar-refractivity contribution in [1.29, 1.82) is 0 Å². The van der Waals surface area contributed by atoms with Crippen LogP contribution in [0.25, 0.3) is 0 Å². The predicted octanol–water partition coefficient (Wildman–Crippen LogP) is 1.04. The smallest absolute Gasteiger partial charge is 0.410 e. The maximum absolute atomic E-state index is 12.1. The van der Waals surface area contributed by atoms with Gasteiger partial charge in [0.25, 0.3) is 0 Å². The van der Waals surface area contributed by atoms with Crippen molar-refractivity contribution in [2.24, 2.45) is 0 Å². The van der Waals surface area contributed by atoms with E-state index < -0.39 is 11.6 Å². The maximum Gasteiger partial charge on any atom is 0.410 e. The van der Waals surface area contributed by atoms with Gasteiger partial charge in [-0.2, -0.15) is 0 Å². The highest BCUT2D eigenvalue weighted by atomic mass is 35.5. The van der Waals surface area contributed by atoms with E-state index in [-0.39, 0.29) is 43.5 Å². The normalized spacial score (nSPS) is 20.2. The average Bonchev–Trinajstić information content (AvgIpc) is 2.47. The molecular weight excluding hydrogens is 350 g/mol. The lowest BCUT2D eigenvalue weighted by Crippen LogP contribution is -2.56. The van der Waals surface area contributed by atoms with Crippen molar-refractivity contribution >= 4 is 30.4 Å². The molecule has 0 aromatic rings. The first kappa shape index (κ1) is 21.5. The number of aliphatic carboxylic acids is 1. The van der Waals surface area contributed by atoms with E-state index in [0.717, 1.165) is 12.8 Å². The number of amides is 2. The molecule has 25 heavy (non-hydrogen) atoms. The summed E-state index contributed by atoms with van der Waals surface area (Å²) in [5, 5.41) is 8.80. The summed E-state index contributed by atoms with van der Waals surface area (Å²) < 4.78 is 5.38. The number of ether oxygens (including phenoxy) is 1. The number of nitrogens with zero attached hydrogens (tertiary/aromatic N) is 3. The molecule has 8 nitrogen and oxygen atoms in total. The molecule has 1 N–H and O–H groups in total. The Morgan fingerprint density at radius 2 is 1.76 bits per heavy atom. The lowest BCUT2D eigenvalue weighted by atomic mass is 10.0. The molecule has 2 rings (SSSR count). The minimum absolute atomic E-state index is 0. The van der Waals surface area contributed by atoms with Crippen LogP contribution in [0.1, 0.15) is 33.6 Å². The third-order valence-electron chi connectivity index (χ3n) is 4.31. The molecule has 144 valence electrons. The van der Waals surface area contributed by atoms with Crippen molar-refractivity contribution in [2.75, 3.05) is 39.3 Å². The summed E-state index contributed by atoms with van der Waals surface area (Å²) >= 11 is 0. The summed E-state index contributed by atoms with van der Waals surface area (Å²) in [6, 6.07) is 0.250. The van der Waals surface area contributed by atoms with Crippen LogP contribution < -0.4 is 0 Å². The largest absolute Gasteiger partial charge is 0.480 e. The lowest BCUT2D eigenvalue weighted by molar-refractivity contribution is -0.147. The van der Waals surface area contributed by atoms with Crippen LogP contribution in [0.15, 0.2) is 0 Å². The Bertz CT molecular complexity index is 500. The minimum atomic E-state index is -0.984. The van der Waals surface area contributed by atoms with E-state index >= 15 is 0 Å². The Hall–Kier alpha value is -1.54. The predicted molar refractivity (Wildman–Crippen MR) is 93.9 cm³/mol. The first-order valence-corrected chi connectivity index (χ1v) is 8.37. The van der Waals surface area contributed by atoms with Crippen LogP contribution in [0.5, 0.6) is 0 Å². The van der Waals surface area contributed by atoms with Gasteiger partial charge in [-0.1, -0.05) is 0 Å². The van der Waals surface area contributed by atoms with Crippen LogP contribution in [0, 0.1) is 0 Å². The van der Waals surface area contributed by atoms with Crippen molar-refractivity contribution in [3.63, 3.8) is 0 Å². The van der Waals surface area contributed by atoms with Crippen LogP contribution in [-0.4, -0.2) is 88.7 Å². The molecule has 0 aliphatic carbocycles. The molecule has 2 aliphatic heterocycles. The zero-order chi connectivity index (χ0) is 17.9. The zero-order valence-corrected chi connectivity index (χ0v) is 15.9. The van der Waals surface area contributed by atoms with E-state index in [1.807, 2.05) is 20.8 Å². The number of hydrogen-bond acceptors (Lipinski definition) is 5. The molecule has 0 saturated carbocycles. The molecular formula is C16H28ClN3O5. The van der Waals surface area contributed by atoms with E-state index in [0.29, 0.717) is 26.2 Å². The number of carbonyl (C=O) groups excluding carboxylic acids is 2. The highest BCUT2D eigenvalue weighted by Gasteiger charge is 2.33. The number of rotatable bonds is 3. The van der Waals surface area contributed by atoms with Crippen molar-refractivity contribution in [1.82, 2.24) is 14.7 Å². The van der Waals surface area contributed by atoms with E-state index in [9.17, 15) is 14.4 Å². The SMILES string of the molecule is CC(C)(C)OC(=O)N1CCC(N2CCN(CC(=O)O)C(=O)C2)CC1.Cl. The second kappa shape index (κ2) is 8.71. The molecule has 0 bridgehead atoms. The Morgan fingerprint density at radius 3 is 2.24 bits per heavy atom. The van der Waals surface area contributed by atoms with Crippen molar-refractivity contribution in [3.05, 3.63) is 0 Å². The number of piperazine rings is 1. The van der Waals surface area contributed by atoms with E-state index in [2.05, 4.69) is 4.90 Å². The van der Waals surface area contributed by atoms with Gasteiger partial charge in [0.05, 0.1) is 6.54 Å². The third-order valence-corrected chi connectivity index (χ3v) is 4.31. The fourth-order valence-corrected chi connectivity index (χ4v) is 3.11. The van der Waals surface area contributed by atoms with Gasteiger partial charge in [0, 0.05) is 32.2 Å². The summed E-state index contributed by atoms with van der Waals surface area (Å²) in [6.07, 6.45) is 1.31. The summed E-state index contributed by atoms with van der Waals surface area (Å²) in [7, 11) is 0. The molecule has 2 saturated heterocycles. The molecule has 9 heteroatoms. The molecule has 0 unspecified atom stereocenters. The highest BCUT2D eigenvalue weighted by molar-refractivity contribution is 5.85. The summed E-state index contributed by atoms with van der Waals surface area (Å²) in [5.74, 6) is -1.12. The number of piperidine rings is 1. The highest BCUT2D eigenvalue weighted by Crippen LogP contribution is 2.20. The minimum Gasteiger partial charge on any atom is -0.480 e. The molecule has 0 aromatic heterocycles. The molecule has 0 atom stereocenters. The Labute approximate surface area is 154 Å². The Kier molecular flexibility index (Phi) is 7.49. The molecule has 2 fully saturated rings. The molecule has 0 spiro atoms. The summed E-state index contributed by atoms with van der Waals surface area (Å²) in [5.41, 5.74) is -0.499. The fourth-order valence-electron chi connectivity index (χ4n) is 3.11. The van der Waals surface area contributed by atoms with Gasteiger partial charge >= 0.3 is 12.1 Å². The van der Waals surface area contributed by atoms with Crippen molar-refractivity contribution < 1.29 is 24.2 Å². The number of hydrogen-bond donors (Lipinski definition) is 1. The van der Waals surface area contributed by atoms with Crippen molar-refractivity contribution in [3.8, 4) is 0 Å². The van der Waals surface area contributed by atoms with Crippen LogP contribution in [0.2, 0.25) is 0 Å². The first-order chi connectivity index (χ1) is 11.2. The van der Waals surface area contributed by atoms with E-state index in [1.54, 1.807) is 4.90 Å². The molecule has 0 radical (unpaired) electrons. The van der Waals surface area contributed by atoms with Gasteiger partial charge in [0.1, 0.15) is 12.1 Å². The quantitative estimate of drug-likeness (QED) is 0.790. The molecule has 2 amide bonds. The second-order valence-corrected chi connectivity index (χ2v) is 7.38. The summed E-state index contributed by atoms with van der Waals surface area (Å²) in [4.78, 5) is 40.1.